The number of nitrogens with one attached hydrogen (secondary N) is 1. The second-order valence-corrected chi connectivity index (χ2v) is 9.98. The lowest BCUT2D eigenvalue weighted by molar-refractivity contribution is 0.565. The molecular weight excluding hydrogens is 450 g/mol. The number of aryl methyl sites for hydroxylation is 2. The van der Waals surface area contributed by atoms with Crippen LogP contribution in [0.3, 0.4) is 0 Å². The predicted molar refractivity (Wildman–Crippen MR) is 146 cm³/mol. The zero-order valence-electron chi connectivity index (χ0n) is 20.9. The van der Waals surface area contributed by atoms with Crippen LogP contribution in [0.25, 0.3) is 5.82 Å². The van der Waals surface area contributed by atoms with Crippen molar-refractivity contribution in [1.82, 2.24) is 19.9 Å². The SMILES string of the molecule is Cc1ccnc(-n2c(C)cc(C3C(c4ccccn4)NC(=S)N3c3ccc(C(C)C)cc3)c2C)c1. The normalized spacial score (nSPS) is 17.8. The fourth-order valence-electron chi connectivity index (χ4n) is 5.05. The number of rotatable bonds is 5. The van der Waals surface area contributed by atoms with Crippen molar-refractivity contribution >= 4 is 23.0 Å². The summed E-state index contributed by atoms with van der Waals surface area (Å²) in [5.74, 6) is 1.41. The highest BCUT2D eigenvalue weighted by atomic mass is 32.1. The van der Waals surface area contributed by atoms with E-state index in [4.69, 9.17) is 17.2 Å². The van der Waals surface area contributed by atoms with Gasteiger partial charge in [0.2, 0.25) is 0 Å². The van der Waals surface area contributed by atoms with Crippen molar-refractivity contribution in [3.8, 4) is 5.82 Å². The third-order valence-corrected chi connectivity index (χ3v) is 7.17. The number of hydrogen-bond donors (Lipinski definition) is 1. The van der Waals surface area contributed by atoms with E-state index in [1.807, 2.05) is 30.6 Å². The highest BCUT2D eigenvalue weighted by molar-refractivity contribution is 7.80. The van der Waals surface area contributed by atoms with E-state index in [1.54, 1.807) is 0 Å². The molecule has 0 aliphatic carbocycles. The van der Waals surface area contributed by atoms with Crippen LogP contribution in [0.5, 0.6) is 0 Å². The van der Waals surface area contributed by atoms with Crippen molar-refractivity contribution < 1.29 is 0 Å². The lowest BCUT2D eigenvalue weighted by Crippen LogP contribution is -2.29. The molecule has 2 unspecified atom stereocenters. The quantitative estimate of drug-likeness (QED) is 0.330. The highest BCUT2D eigenvalue weighted by Crippen LogP contribution is 2.43. The molecule has 35 heavy (non-hydrogen) atoms. The molecule has 5 nitrogen and oxygen atoms in total. The topological polar surface area (TPSA) is 46.0 Å². The van der Waals surface area contributed by atoms with Crippen molar-refractivity contribution in [3.63, 3.8) is 0 Å². The lowest BCUT2D eigenvalue weighted by atomic mass is 9.96. The van der Waals surface area contributed by atoms with Crippen molar-refractivity contribution in [3.05, 3.63) is 107 Å². The minimum Gasteiger partial charge on any atom is -0.351 e. The van der Waals surface area contributed by atoms with Crippen LogP contribution in [0, 0.1) is 20.8 Å². The van der Waals surface area contributed by atoms with Crippen LogP contribution in [0.2, 0.25) is 0 Å². The molecule has 0 radical (unpaired) electrons. The van der Waals surface area contributed by atoms with E-state index < -0.39 is 0 Å². The maximum Gasteiger partial charge on any atom is 0.174 e. The summed E-state index contributed by atoms with van der Waals surface area (Å²) < 4.78 is 2.24. The van der Waals surface area contributed by atoms with Crippen molar-refractivity contribution in [2.45, 2.75) is 52.6 Å². The van der Waals surface area contributed by atoms with E-state index in [0.29, 0.717) is 11.0 Å². The standard InChI is InChI=1S/C29H31N5S/c1-18(2)22-9-11-23(12-10-22)34-28(27(32-29(34)35)25-8-6-7-14-30-25)24-17-20(4)33(21(24)5)26-16-19(3)13-15-31-26/h6-18,27-28H,1-5H3,(H,32,35). The number of hydrogen-bond acceptors (Lipinski definition) is 3. The smallest absolute Gasteiger partial charge is 0.174 e. The molecule has 1 aliphatic heterocycles. The summed E-state index contributed by atoms with van der Waals surface area (Å²) in [6.45, 7) is 10.8. The molecule has 4 aromatic rings. The highest BCUT2D eigenvalue weighted by Gasteiger charge is 2.42. The Labute approximate surface area is 212 Å². The van der Waals surface area contributed by atoms with Gasteiger partial charge in [-0.1, -0.05) is 32.0 Å². The summed E-state index contributed by atoms with van der Waals surface area (Å²) in [5.41, 5.74) is 8.06. The second kappa shape index (κ2) is 9.27. The Kier molecular flexibility index (Phi) is 6.15. The average Bonchev–Trinajstić information content (AvgIpc) is 3.34. The van der Waals surface area contributed by atoms with Gasteiger partial charge in [0.05, 0.1) is 17.8 Å². The first-order valence-corrected chi connectivity index (χ1v) is 12.5. The Hall–Kier alpha value is -3.51. The van der Waals surface area contributed by atoms with Gasteiger partial charge in [-0.05, 0) is 98.1 Å². The molecule has 2 atom stereocenters. The molecule has 0 spiro atoms. The number of anilines is 1. The third kappa shape index (κ3) is 4.23. The van der Waals surface area contributed by atoms with E-state index in [0.717, 1.165) is 28.6 Å². The van der Waals surface area contributed by atoms with Crippen LogP contribution in [-0.4, -0.2) is 19.6 Å². The first-order valence-electron chi connectivity index (χ1n) is 12.1. The monoisotopic (exact) mass is 481 g/mol. The molecule has 1 N–H and O–H groups in total. The number of aromatic nitrogens is 3. The minimum absolute atomic E-state index is 0.0490. The first kappa shape index (κ1) is 23.2. The molecule has 0 saturated carbocycles. The predicted octanol–water partition coefficient (Wildman–Crippen LogP) is 6.49. The molecule has 1 fully saturated rings. The van der Waals surface area contributed by atoms with E-state index in [1.165, 1.54) is 16.7 Å². The van der Waals surface area contributed by atoms with Gasteiger partial charge in [0.1, 0.15) is 5.82 Å². The molecule has 1 aromatic carbocycles. The summed E-state index contributed by atoms with van der Waals surface area (Å²) in [5, 5.41) is 4.29. The molecule has 3 aromatic heterocycles. The van der Waals surface area contributed by atoms with Crippen LogP contribution < -0.4 is 10.2 Å². The average molecular weight is 482 g/mol. The molecule has 6 heteroatoms. The zero-order chi connectivity index (χ0) is 24.7. The van der Waals surface area contributed by atoms with Gasteiger partial charge < -0.3 is 14.8 Å². The summed E-state index contributed by atoms with van der Waals surface area (Å²) >= 11 is 5.92. The summed E-state index contributed by atoms with van der Waals surface area (Å²) in [6, 6.07) is 21.1. The van der Waals surface area contributed by atoms with E-state index in [-0.39, 0.29) is 12.1 Å². The van der Waals surface area contributed by atoms with Crippen LogP contribution in [0.4, 0.5) is 5.69 Å². The van der Waals surface area contributed by atoms with Crippen LogP contribution in [-0.2, 0) is 0 Å². The summed E-state index contributed by atoms with van der Waals surface area (Å²) in [7, 11) is 0. The molecule has 4 heterocycles. The Balaban J connectivity index is 1.66. The van der Waals surface area contributed by atoms with Gasteiger partial charge in [0.25, 0.3) is 0 Å². The van der Waals surface area contributed by atoms with Crippen molar-refractivity contribution in [2.24, 2.45) is 0 Å². The van der Waals surface area contributed by atoms with Crippen LogP contribution in [0.1, 0.15) is 65.6 Å². The van der Waals surface area contributed by atoms with Crippen molar-refractivity contribution in [2.75, 3.05) is 4.90 Å². The Bertz CT molecular complexity index is 1360. The fraction of sp³-hybridized carbons (Fsp3) is 0.276. The molecule has 1 aliphatic rings. The Morgan fingerprint density at radius 1 is 0.914 bits per heavy atom. The maximum atomic E-state index is 5.92. The number of nitrogens with zero attached hydrogens (tertiary/aromatic N) is 4. The van der Waals surface area contributed by atoms with E-state index in [2.05, 4.69) is 96.9 Å². The van der Waals surface area contributed by atoms with E-state index >= 15 is 0 Å². The number of pyridine rings is 2. The third-order valence-electron chi connectivity index (χ3n) is 6.86. The van der Waals surface area contributed by atoms with E-state index in [9.17, 15) is 0 Å². The van der Waals surface area contributed by atoms with Gasteiger partial charge in [-0.2, -0.15) is 0 Å². The first-order chi connectivity index (χ1) is 16.8. The molecule has 5 rings (SSSR count). The summed E-state index contributed by atoms with van der Waals surface area (Å²) in [6.07, 6.45) is 3.71. The Morgan fingerprint density at radius 3 is 2.34 bits per heavy atom. The van der Waals surface area contributed by atoms with Gasteiger partial charge in [0.15, 0.2) is 5.11 Å². The molecular formula is C29H31N5S. The fourth-order valence-corrected chi connectivity index (χ4v) is 5.40. The number of thiocarbonyl (C=S) groups is 1. The van der Waals surface area contributed by atoms with Gasteiger partial charge in [0, 0.05) is 29.5 Å². The molecule has 178 valence electrons. The molecule has 1 saturated heterocycles. The van der Waals surface area contributed by atoms with Crippen molar-refractivity contribution in [1.29, 1.82) is 0 Å². The van der Waals surface area contributed by atoms with Gasteiger partial charge in [-0.15, -0.1) is 0 Å². The minimum atomic E-state index is -0.0760. The maximum absolute atomic E-state index is 5.92. The summed E-state index contributed by atoms with van der Waals surface area (Å²) in [4.78, 5) is 11.6. The lowest BCUT2D eigenvalue weighted by Gasteiger charge is -2.28. The number of benzene rings is 1. The van der Waals surface area contributed by atoms with Gasteiger partial charge in [-0.25, -0.2) is 4.98 Å². The zero-order valence-corrected chi connectivity index (χ0v) is 21.7. The van der Waals surface area contributed by atoms with Crippen LogP contribution >= 0.6 is 12.2 Å². The second-order valence-electron chi connectivity index (χ2n) is 9.60. The van der Waals surface area contributed by atoms with Crippen LogP contribution in [0.15, 0.2) is 73.1 Å². The van der Waals surface area contributed by atoms with Gasteiger partial charge >= 0.3 is 0 Å². The molecule has 0 bridgehead atoms. The van der Waals surface area contributed by atoms with Gasteiger partial charge in [-0.3, -0.25) is 4.98 Å². The largest absolute Gasteiger partial charge is 0.351 e. The Morgan fingerprint density at radius 2 is 1.69 bits per heavy atom. The molecule has 0 amide bonds.